The van der Waals surface area contributed by atoms with Gasteiger partial charge in [0.2, 0.25) is 0 Å². The minimum atomic E-state index is 0.569. The predicted octanol–water partition coefficient (Wildman–Crippen LogP) is 5.20. The van der Waals surface area contributed by atoms with Gasteiger partial charge < -0.3 is 4.57 Å². The molecule has 0 fully saturated rings. The number of thiophene rings is 1. The summed E-state index contributed by atoms with van der Waals surface area (Å²) in [5.74, 6) is 1.59. The van der Waals surface area contributed by atoms with E-state index in [9.17, 15) is 0 Å². The fourth-order valence-electron chi connectivity index (χ4n) is 2.49. The van der Waals surface area contributed by atoms with Gasteiger partial charge in [-0.2, -0.15) is 0 Å². The van der Waals surface area contributed by atoms with Crippen LogP contribution in [0.3, 0.4) is 0 Å². The van der Waals surface area contributed by atoms with Gasteiger partial charge in [0.15, 0.2) is 0 Å². The topological polar surface area (TPSA) is 17.8 Å². The molecule has 2 nitrogen and oxygen atoms in total. The molecule has 0 saturated heterocycles. The van der Waals surface area contributed by atoms with Crippen molar-refractivity contribution in [1.82, 2.24) is 9.55 Å². The molecule has 0 amide bonds. The molecule has 110 valence electrons. The molecule has 2 heterocycles. The van der Waals surface area contributed by atoms with Crippen LogP contribution in [0.4, 0.5) is 0 Å². The van der Waals surface area contributed by atoms with Gasteiger partial charge in [-0.05, 0) is 43.7 Å². The second-order valence-electron chi connectivity index (χ2n) is 5.14. The summed E-state index contributed by atoms with van der Waals surface area (Å²) < 4.78 is 2.25. The summed E-state index contributed by atoms with van der Waals surface area (Å²) in [6, 6.07) is 8.12. The monoisotopic (exact) mass is 338 g/mol. The van der Waals surface area contributed by atoms with Gasteiger partial charge in [0.05, 0.1) is 17.6 Å². The molecule has 3 aromatic rings. The van der Waals surface area contributed by atoms with Gasteiger partial charge >= 0.3 is 0 Å². The van der Waals surface area contributed by atoms with E-state index in [1.807, 2.05) is 29.5 Å². The number of hydrogen-bond acceptors (Lipinski definition) is 2. The first kappa shape index (κ1) is 14.9. The SMILES string of the molecule is Cc1cc(Cn2c(CCCl)nc3cc(Cl)ccc32)sc1C. The maximum Gasteiger partial charge on any atom is 0.111 e. The molecule has 0 bridgehead atoms. The Balaban J connectivity index is 2.08. The zero-order valence-electron chi connectivity index (χ0n) is 12.0. The Morgan fingerprint density at radius 3 is 2.71 bits per heavy atom. The Morgan fingerprint density at radius 2 is 2.05 bits per heavy atom. The first-order chi connectivity index (χ1) is 10.1. The van der Waals surface area contributed by atoms with Crippen LogP contribution in [0.15, 0.2) is 24.3 Å². The molecule has 2 aromatic heterocycles. The first-order valence-corrected chi connectivity index (χ1v) is 8.58. The lowest BCUT2D eigenvalue weighted by Gasteiger charge is -2.07. The number of rotatable bonds is 4. The summed E-state index contributed by atoms with van der Waals surface area (Å²) in [6.45, 7) is 5.15. The van der Waals surface area contributed by atoms with Crippen molar-refractivity contribution in [1.29, 1.82) is 0 Å². The molecule has 1 aromatic carbocycles. The van der Waals surface area contributed by atoms with Crippen molar-refractivity contribution in [3.05, 3.63) is 50.4 Å². The van der Waals surface area contributed by atoms with E-state index in [-0.39, 0.29) is 0 Å². The third-order valence-electron chi connectivity index (χ3n) is 3.64. The third kappa shape index (κ3) is 2.96. The number of alkyl halides is 1. The van der Waals surface area contributed by atoms with E-state index in [4.69, 9.17) is 23.2 Å². The predicted molar refractivity (Wildman–Crippen MR) is 92.1 cm³/mol. The van der Waals surface area contributed by atoms with E-state index < -0.39 is 0 Å². The second-order valence-corrected chi connectivity index (χ2v) is 7.29. The van der Waals surface area contributed by atoms with Crippen LogP contribution in [0.25, 0.3) is 11.0 Å². The number of halogens is 2. The van der Waals surface area contributed by atoms with Gasteiger partial charge in [-0.15, -0.1) is 22.9 Å². The molecular formula is C16H16Cl2N2S. The summed E-state index contributed by atoms with van der Waals surface area (Å²) >= 11 is 13.8. The maximum atomic E-state index is 6.07. The molecule has 21 heavy (non-hydrogen) atoms. The highest BCUT2D eigenvalue weighted by Gasteiger charge is 2.12. The Morgan fingerprint density at radius 1 is 1.24 bits per heavy atom. The van der Waals surface area contributed by atoms with Crippen molar-refractivity contribution >= 4 is 45.6 Å². The van der Waals surface area contributed by atoms with Gasteiger partial charge in [-0.1, -0.05) is 11.6 Å². The molecule has 0 radical (unpaired) electrons. The number of hydrogen-bond donors (Lipinski definition) is 0. The van der Waals surface area contributed by atoms with E-state index in [2.05, 4.69) is 29.5 Å². The largest absolute Gasteiger partial charge is 0.323 e. The van der Waals surface area contributed by atoms with Crippen LogP contribution in [-0.2, 0) is 13.0 Å². The molecule has 0 aliphatic rings. The number of nitrogens with zero attached hydrogens (tertiary/aromatic N) is 2. The fourth-order valence-corrected chi connectivity index (χ4v) is 3.87. The highest BCUT2D eigenvalue weighted by molar-refractivity contribution is 7.12. The van der Waals surface area contributed by atoms with Gasteiger partial charge in [0.25, 0.3) is 0 Å². The average molecular weight is 339 g/mol. The number of imidazole rings is 1. The zero-order valence-corrected chi connectivity index (χ0v) is 14.3. The maximum absolute atomic E-state index is 6.07. The number of benzene rings is 1. The molecule has 0 spiro atoms. The van der Waals surface area contributed by atoms with Gasteiger partial charge in [-0.3, -0.25) is 0 Å². The molecule has 0 unspecified atom stereocenters. The second kappa shape index (κ2) is 5.99. The van der Waals surface area contributed by atoms with Crippen LogP contribution in [0.1, 0.15) is 21.1 Å². The van der Waals surface area contributed by atoms with E-state index in [0.29, 0.717) is 10.9 Å². The van der Waals surface area contributed by atoms with E-state index in [0.717, 1.165) is 29.8 Å². The van der Waals surface area contributed by atoms with Crippen molar-refractivity contribution in [2.45, 2.75) is 26.8 Å². The normalized spacial score (nSPS) is 11.4. The molecule has 3 rings (SSSR count). The average Bonchev–Trinajstić information content (AvgIpc) is 2.92. The van der Waals surface area contributed by atoms with Crippen LogP contribution >= 0.6 is 34.5 Å². The minimum Gasteiger partial charge on any atom is -0.323 e. The smallest absolute Gasteiger partial charge is 0.111 e. The Hall–Kier alpha value is -1.03. The third-order valence-corrected chi connectivity index (χ3v) is 5.20. The van der Waals surface area contributed by atoms with Crippen LogP contribution in [0.2, 0.25) is 5.02 Å². The lowest BCUT2D eigenvalue weighted by Crippen LogP contribution is -2.04. The molecule has 0 saturated carbocycles. The lowest BCUT2D eigenvalue weighted by atomic mass is 10.2. The Kier molecular flexibility index (Phi) is 4.25. The van der Waals surface area contributed by atoms with Crippen molar-refractivity contribution in [2.75, 3.05) is 5.88 Å². The molecular weight excluding hydrogens is 323 g/mol. The van der Waals surface area contributed by atoms with E-state index in [1.54, 1.807) is 0 Å². The van der Waals surface area contributed by atoms with Crippen molar-refractivity contribution < 1.29 is 0 Å². The highest BCUT2D eigenvalue weighted by atomic mass is 35.5. The fraction of sp³-hybridized carbons (Fsp3) is 0.312. The zero-order chi connectivity index (χ0) is 15.0. The molecule has 0 N–H and O–H groups in total. The highest BCUT2D eigenvalue weighted by Crippen LogP contribution is 2.26. The molecule has 0 aliphatic heterocycles. The standard InChI is InChI=1S/C16H16Cl2N2S/c1-10-7-13(21-11(10)2)9-20-15-4-3-12(18)8-14(15)19-16(20)5-6-17/h3-4,7-8H,5-6,9H2,1-2H3. The Labute approximate surface area is 138 Å². The quantitative estimate of drug-likeness (QED) is 0.598. The van der Waals surface area contributed by atoms with Crippen LogP contribution < -0.4 is 0 Å². The van der Waals surface area contributed by atoms with Crippen LogP contribution in [0, 0.1) is 13.8 Å². The summed E-state index contributed by atoms with van der Waals surface area (Å²) in [7, 11) is 0. The summed E-state index contributed by atoms with van der Waals surface area (Å²) in [5.41, 5.74) is 3.40. The van der Waals surface area contributed by atoms with Crippen molar-refractivity contribution in [3.8, 4) is 0 Å². The lowest BCUT2D eigenvalue weighted by molar-refractivity contribution is 0.763. The van der Waals surface area contributed by atoms with E-state index >= 15 is 0 Å². The van der Waals surface area contributed by atoms with Gasteiger partial charge in [0.1, 0.15) is 5.82 Å². The minimum absolute atomic E-state index is 0.569. The number of aryl methyl sites for hydroxylation is 3. The number of aromatic nitrogens is 2. The van der Waals surface area contributed by atoms with E-state index in [1.165, 1.54) is 15.3 Å². The van der Waals surface area contributed by atoms with Gasteiger partial charge in [0, 0.05) is 27.1 Å². The van der Waals surface area contributed by atoms with Gasteiger partial charge in [-0.25, -0.2) is 4.98 Å². The van der Waals surface area contributed by atoms with Crippen molar-refractivity contribution in [2.24, 2.45) is 0 Å². The summed E-state index contributed by atoms with van der Waals surface area (Å²) in [5, 5.41) is 0.715. The molecule has 5 heteroatoms. The first-order valence-electron chi connectivity index (χ1n) is 6.85. The summed E-state index contributed by atoms with van der Waals surface area (Å²) in [4.78, 5) is 7.40. The van der Waals surface area contributed by atoms with Crippen molar-refractivity contribution in [3.63, 3.8) is 0 Å². The Bertz CT molecular complexity index is 770. The molecule has 0 atom stereocenters. The van der Waals surface area contributed by atoms with Crippen LogP contribution in [-0.4, -0.2) is 15.4 Å². The van der Waals surface area contributed by atoms with Crippen LogP contribution in [0.5, 0.6) is 0 Å². The number of fused-ring (bicyclic) bond motifs is 1. The molecule has 0 aliphatic carbocycles. The summed E-state index contributed by atoms with van der Waals surface area (Å²) in [6.07, 6.45) is 0.761.